The minimum absolute atomic E-state index is 0.0262. The maximum atomic E-state index is 7.55. The Bertz CT molecular complexity index is 169. The van der Waals surface area contributed by atoms with Gasteiger partial charge in [0.15, 0.2) is 0 Å². The molecule has 1 rings (SSSR count). The van der Waals surface area contributed by atoms with Gasteiger partial charge in [0.1, 0.15) is 0 Å². The smallest absolute Gasteiger partial charge is 0.0547 e. The molecule has 0 aliphatic carbocycles. The Hall–Kier alpha value is -0.370. The third-order valence-electron chi connectivity index (χ3n) is 2.91. The highest BCUT2D eigenvalue weighted by Crippen LogP contribution is 2.28. The summed E-state index contributed by atoms with van der Waals surface area (Å²) < 4.78 is 0. The van der Waals surface area contributed by atoms with E-state index in [1.165, 1.54) is 19.3 Å². The molecule has 2 N–H and O–H groups in total. The summed E-state index contributed by atoms with van der Waals surface area (Å²) in [6.45, 7) is 6.24. The van der Waals surface area contributed by atoms with Gasteiger partial charge in [-0.05, 0) is 26.7 Å². The van der Waals surface area contributed by atoms with Gasteiger partial charge in [-0.2, -0.15) is 0 Å². The van der Waals surface area contributed by atoms with Crippen LogP contribution in [0.25, 0.3) is 0 Å². The van der Waals surface area contributed by atoms with E-state index in [-0.39, 0.29) is 5.54 Å². The number of rotatable bonds is 4. The Labute approximate surface area is 75.3 Å². The van der Waals surface area contributed by atoms with E-state index in [0.717, 1.165) is 12.1 Å². The molecule has 0 aromatic carbocycles. The van der Waals surface area contributed by atoms with Gasteiger partial charge in [0.05, 0.1) is 5.54 Å². The Morgan fingerprint density at radius 2 is 2.25 bits per heavy atom. The van der Waals surface area contributed by atoms with Gasteiger partial charge in [0.25, 0.3) is 0 Å². The first-order chi connectivity index (χ1) is 5.58. The fraction of sp³-hybridized carbons (Fsp3) is 0.900. The molecule has 12 heavy (non-hydrogen) atoms. The highest BCUT2D eigenvalue weighted by atomic mass is 15.1. The van der Waals surface area contributed by atoms with Gasteiger partial charge in [-0.1, -0.05) is 19.8 Å². The Kier molecular flexibility index (Phi) is 2.89. The maximum Gasteiger partial charge on any atom is 0.0547 e. The highest BCUT2D eigenvalue weighted by Gasteiger charge is 2.40. The lowest BCUT2D eigenvalue weighted by atomic mass is 9.78. The van der Waals surface area contributed by atoms with Crippen molar-refractivity contribution in [1.29, 1.82) is 5.41 Å². The molecule has 1 aliphatic heterocycles. The molecular formula is C10H20N2. The van der Waals surface area contributed by atoms with E-state index >= 15 is 0 Å². The molecule has 1 fully saturated rings. The zero-order chi connectivity index (χ0) is 9.19. The van der Waals surface area contributed by atoms with Crippen LogP contribution in [-0.2, 0) is 0 Å². The van der Waals surface area contributed by atoms with Crippen molar-refractivity contribution in [3.8, 4) is 0 Å². The lowest BCUT2D eigenvalue weighted by molar-refractivity contribution is 0.210. The van der Waals surface area contributed by atoms with E-state index in [1.807, 2.05) is 6.92 Å². The van der Waals surface area contributed by atoms with Crippen LogP contribution in [0.5, 0.6) is 0 Å². The molecule has 2 heteroatoms. The van der Waals surface area contributed by atoms with Gasteiger partial charge in [0.2, 0.25) is 0 Å². The second-order valence-corrected chi connectivity index (χ2v) is 4.14. The SMILES string of the molecule is CCCCC1CC(C)(C(C)=N)N1. The van der Waals surface area contributed by atoms with Gasteiger partial charge in [-0.25, -0.2) is 0 Å². The summed E-state index contributed by atoms with van der Waals surface area (Å²) >= 11 is 0. The van der Waals surface area contributed by atoms with Gasteiger partial charge in [0, 0.05) is 11.8 Å². The van der Waals surface area contributed by atoms with Crippen LogP contribution < -0.4 is 5.32 Å². The van der Waals surface area contributed by atoms with Crippen molar-refractivity contribution in [3.63, 3.8) is 0 Å². The van der Waals surface area contributed by atoms with Gasteiger partial charge in [-0.15, -0.1) is 0 Å². The van der Waals surface area contributed by atoms with Crippen molar-refractivity contribution < 1.29 is 0 Å². The molecule has 0 amide bonds. The minimum Gasteiger partial charge on any atom is -0.308 e. The van der Waals surface area contributed by atoms with Crippen LogP contribution in [0.1, 0.15) is 46.5 Å². The molecule has 0 spiro atoms. The zero-order valence-corrected chi connectivity index (χ0v) is 8.41. The summed E-state index contributed by atoms with van der Waals surface area (Å²) in [4.78, 5) is 0. The van der Waals surface area contributed by atoms with Gasteiger partial charge >= 0.3 is 0 Å². The summed E-state index contributed by atoms with van der Waals surface area (Å²) in [6, 6.07) is 0.676. The first-order valence-electron chi connectivity index (χ1n) is 4.92. The molecule has 0 aromatic heterocycles. The quantitative estimate of drug-likeness (QED) is 0.621. The van der Waals surface area contributed by atoms with Crippen molar-refractivity contribution in [2.24, 2.45) is 0 Å². The largest absolute Gasteiger partial charge is 0.308 e. The van der Waals surface area contributed by atoms with E-state index in [4.69, 9.17) is 5.41 Å². The molecule has 2 atom stereocenters. The van der Waals surface area contributed by atoms with E-state index in [9.17, 15) is 0 Å². The van der Waals surface area contributed by atoms with Crippen molar-refractivity contribution in [2.75, 3.05) is 0 Å². The molecule has 0 aromatic rings. The number of hydrogen-bond donors (Lipinski definition) is 2. The average Bonchev–Trinajstić information content (AvgIpc) is 1.95. The third kappa shape index (κ3) is 1.86. The zero-order valence-electron chi connectivity index (χ0n) is 8.41. The van der Waals surface area contributed by atoms with Crippen LogP contribution >= 0.6 is 0 Å². The molecule has 70 valence electrons. The van der Waals surface area contributed by atoms with Crippen LogP contribution in [0.15, 0.2) is 0 Å². The molecule has 0 radical (unpaired) electrons. The van der Waals surface area contributed by atoms with E-state index in [2.05, 4.69) is 19.2 Å². The lowest BCUT2D eigenvalue weighted by Gasteiger charge is -2.47. The second kappa shape index (κ2) is 3.56. The first-order valence-corrected chi connectivity index (χ1v) is 4.92. The summed E-state index contributed by atoms with van der Waals surface area (Å²) in [5.41, 5.74) is 0.800. The summed E-state index contributed by atoms with van der Waals surface area (Å²) in [7, 11) is 0. The summed E-state index contributed by atoms with van der Waals surface area (Å²) in [5.74, 6) is 0. The Morgan fingerprint density at radius 3 is 2.67 bits per heavy atom. The lowest BCUT2D eigenvalue weighted by Crippen LogP contribution is -2.65. The predicted molar refractivity (Wildman–Crippen MR) is 52.9 cm³/mol. The van der Waals surface area contributed by atoms with Crippen LogP contribution in [0.2, 0.25) is 0 Å². The van der Waals surface area contributed by atoms with Crippen molar-refractivity contribution in [1.82, 2.24) is 5.32 Å². The Balaban J connectivity index is 2.22. The number of hydrogen-bond acceptors (Lipinski definition) is 2. The van der Waals surface area contributed by atoms with Gasteiger partial charge in [-0.3, -0.25) is 0 Å². The first kappa shape index (κ1) is 9.72. The molecular weight excluding hydrogens is 148 g/mol. The molecule has 1 heterocycles. The van der Waals surface area contributed by atoms with E-state index < -0.39 is 0 Å². The van der Waals surface area contributed by atoms with Crippen molar-refractivity contribution in [2.45, 2.75) is 58.0 Å². The molecule has 2 unspecified atom stereocenters. The van der Waals surface area contributed by atoms with Crippen LogP contribution in [-0.4, -0.2) is 17.3 Å². The maximum absolute atomic E-state index is 7.55. The number of nitrogens with one attached hydrogen (secondary N) is 2. The molecule has 1 saturated heterocycles. The summed E-state index contributed by atoms with van der Waals surface area (Å²) in [5, 5.41) is 11.0. The highest BCUT2D eigenvalue weighted by molar-refractivity contribution is 5.89. The fourth-order valence-electron chi connectivity index (χ4n) is 1.81. The fourth-order valence-corrected chi connectivity index (χ4v) is 1.81. The second-order valence-electron chi connectivity index (χ2n) is 4.14. The minimum atomic E-state index is 0.0262. The van der Waals surface area contributed by atoms with E-state index in [0.29, 0.717) is 6.04 Å². The molecule has 2 nitrogen and oxygen atoms in total. The van der Waals surface area contributed by atoms with Crippen LogP contribution in [0.4, 0.5) is 0 Å². The summed E-state index contributed by atoms with van der Waals surface area (Å²) in [6.07, 6.45) is 5.02. The van der Waals surface area contributed by atoms with Crippen LogP contribution in [0.3, 0.4) is 0 Å². The van der Waals surface area contributed by atoms with Crippen molar-refractivity contribution >= 4 is 5.71 Å². The standard InChI is InChI=1S/C10H20N2/c1-4-5-6-9-7-10(3,12-9)8(2)11/h9,11-12H,4-7H2,1-3H3. The topological polar surface area (TPSA) is 35.9 Å². The average molecular weight is 168 g/mol. The molecule has 0 bridgehead atoms. The molecule has 1 aliphatic rings. The predicted octanol–water partition coefficient (Wildman–Crippen LogP) is 2.34. The Morgan fingerprint density at radius 1 is 1.67 bits per heavy atom. The van der Waals surface area contributed by atoms with E-state index in [1.54, 1.807) is 0 Å². The third-order valence-corrected chi connectivity index (χ3v) is 2.91. The monoisotopic (exact) mass is 168 g/mol. The number of unbranched alkanes of at least 4 members (excludes halogenated alkanes) is 1. The molecule has 0 saturated carbocycles. The van der Waals surface area contributed by atoms with Crippen LogP contribution in [0, 0.1) is 5.41 Å². The van der Waals surface area contributed by atoms with Gasteiger partial charge < -0.3 is 10.7 Å². The normalized spacial score (nSPS) is 34.4. The van der Waals surface area contributed by atoms with Crippen molar-refractivity contribution in [3.05, 3.63) is 0 Å².